The van der Waals surface area contributed by atoms with Crippen LogP contribution in [0.3, 0.4) is 0 Å². The third-order valence-corrected chi connectivity index (χ3v) is 6.71. The molecule has 0 N–H and O–H groups in total. The highest BCUT2D eigenvalue weighted by Gasteiger charge is 2.34. The lowest BCUT2D eigenvalue weighted by atomic mass is 10.1. The second-order valence-electron chi connectivity index (χ2n) is 8.13. The predicted molar refractivity (Wildman–Crippen MR) is 138 cm³/mol. The van der Waals surface area contributed by atoms with Crippen LogP contribution in [0.25, 0.3) is 39.2 Å². The van der Waals surface area contributed by atoms with Crippen molar-refractivity contribution in [3.05, 3.63) is 117 Å². The summed E-state index contributed by atoms with van der Waals surface area (Å²) in [6.45, 7) is 7.13. The van der Waals surface area contributed by atoms with Gasteiger partial charge in [-0.05, 0) is 30.3 Å². The molecule has 3 aromatic carbocycles. The summed E-state index contributed by atoms with van der Waals surface area (Å²) in [5, 5.41) is 0.413. The molecule has 1 aliphatic rings. The number of nitrogens with zero attached hydrogens (tertiary/aromatic N) is 3. The van der Waals surface area contributed by atoms with Crippen molar-refractivity contribution in [2.24, 2.45) is 0 Å². The lowest BCUT2D eigenvalue weighted by molar-refractivity contribution is 0.0990. The van der Waals surface area contributed by atoms with Crippen molar-refractivity contribution in [1.29, 1.82) is 0 Å². The number of imidazole rings is 1. The molecular formula is C28H13Cl2N3O3. The summed E-state index contributed by atoms with van der Waals surface area (Å²) in [7, 11) is 0. The van der Waals surface area contributed by atoms with Crippen molar-refractivity contribution in [2.75, 3.05) is 0 Å². The van der Waals surface area contributed by atoms with Gasteiger partial charge >= 0.3 is 0 Å². The van der Waals surface area contributed by atoms with Crippen LogP contribution in [0.2, 0.25) is 10.0 Å². The van der Waals surface area contributed by atoms with Crippen LogP contribution in [0.5, 0.6) is 0 Å². The van der Waals surface area contributed by atoms with Crippen LogP contribution in [0.1, 0.15) is 26.5 Å². The van der Waals surface area contributed by atoms with Crippen molar-refractivity contribution in [1.82, 2.24) is 9.55 Å². The molecule has 6 rings (SSSR count). The molecule has 0 saturated carbocycles. The number of hydrogen-bond donors (Lipinski definition) is 0. The maximum atomic E-state index is 13.1. The van der Waals surface area contributed by atoms with Gasteiger partial charge in [-0.3, -0.25) is 14.2 Å². The maximum Gasteiger partial charge on any atom is 0.246 e. The van der Waals surface area contributed by atoms with Crippen molar-refractivity contribution in [3.8, 4) is 17.0 Å². The minimum absolute atomic E-state index is 0.0249. The molecular weight excluding hydrogens is 497 g/mol. The van der Waals surface area contributed by atoms with E-state index < -0.39 is 11.6 Å². The van der Waals surface area contributed by atoms with Gasteiger partial charge in [-0.25, -0.2) is 4.85 Å². The third-order valence-electron chi connectivity index (χ3n) is 5.99. The summed E-state index contributed by atoms with van der Waals surface area (Å²) in [5.74, 6) is 0.0750. The summed E-state index contributed by atoms with van der Waals surface area (Å²) >= 11 is 12.2. The number of rotatable bonds is 3. The van der Waals surface area contributed by atoms with E-state index >= 15 is 0 Å². The Morgan fingerprint density at radius 1 is 0.889 bits per heavy atom. The number of allylic oxidation sites excluding steroid dienone is 1. The normalized spacial score (nSPS) is 12.8. The molecule has 0 atom stereocenters. The summed E-state index contributed by atoms with van der Waals surface area (Å²) in [5.41, 5.74) is 3.53. The topological polar surface area (TPSA) is 69.5 Å². The zero-order valence-electron chi connectivity index (χ0n) is 18.3. The molecule has 8 heteroatoms. The van der Waals surface area contributed by atoms with E-state index in [0.717, 1.165) is 11.3 Å². The first-order valence-corrected chi connectivity index (χ1v) is 11.6. The van der Waals surface area contributed by atoms with Gasteiger partial charge < -0.3 is 4.42 Å². The fourth-order valence-corrected chi connectivity index (χ4v) is 4.58. The van der Waals surface area contributed by atoms with E-state index in [9.17, 15) is 9.59 Å². The van der Waals surface area contributed by atoms with Gasteiger partial charge in [0.2, 0.25) is 5.71 Å². The Morgan fingerprint density at radius 3 is 2.14 bits per heavy atom. The summed E-state index contributed by atoms with van der Waals surface area (Å²) in [6, 6.07) is 21.2. The molecule has 36 heavy (non-hydrogen) atoms. The molecule has 1 aliphatic carbocycles. The fourth-order valence-electron chi connectivity index (χ4n) is 4.25. The molecule has 2 aromatic heterocycles. The number of hydrogen-bond acceptors (Lipinski definition) is 4. The molecule has 2 heterocycles. The molecule has 0 bridgehead atoms. The van der Waals surface area contributed by atoms with Gasteiger partial charge in [0.05, 0.1) is 22.2 Å². The SMILES string of the molecule is [C-]#[N+]c1ccc(-c2cc3c(nc(C=C4C(=O)c5cc(Cl)c(Cl)cc5C4=O)n3-c3ccccc3)o2)cc1. The highest BCUT2D eigenvalue weighted by Crippen LogP contribution is 2.36. The first kappa shape index (κ1) is 22.1. The van der Waals surface area contributed by atoms with Gasteiger partial charge in [-0.2, -0.15) is 4.98 Å². The number of carbonyl (C=O) groups is 2. The highest BCUT2D eigenvalue weighted by molar-refractivity contribution is 6.46. The van der Waals surface area contributed by atoms with E-state index in [0.29, 0.717) is 28.5 Å². The van der Waals surface area contributed by atoms with Crippen LogP contribution < -0.4 is 0 Å². The van der Waals surface area contributed by atoms with E-state index in [2.05, 4.69) is 9.83 Å². The lowest BCUT2D eigenvalue weighted by Crippen LogP contribution is -2.03. The van der Waals surface area contributed by atoms with Crippen molar-refractivity contribution in [2.45, 2.75) is 0 Å². The molecule has 172 valence electrons. The Kier molecular flexibility index (Phi) is 5.11. The molecule has 0 spiro atoms. The first-order chi connectivity index (χ1) is 17.4. The fraction of sp³-hybridized carbons (Fsp3) is 0. The summed E-state index contributed by atoms with van der Waals surface area (Å²) in [4.78, 5) is 34.2. The molecule has 0 fully saturated rings. The summed E-state index contributed by atoms with van der Waals surface area (Å²) < 4.78 is 7.86. The third kappa shape index (κ3) is 3.45. The molecule has 5 aromatic rings. The Labute approximate surface area is 214 Å². The van der Waals surface area contributed by atoms with Gasteiger partial charge in [0, 0.05) is 28.4 Å². The number of aromatic nitrogens is 2. The molecule has 0 radical (unpaired) electrons. The molecule has 0 aliphatic heterocycles. The number of fused-ring (bicyclic) bond motifs is 2. The van der Waals surface area contributed by atoms with Crippen molar-refractivity contribution < 1.29 is 14.0 Å². The van der Waals surface area contributed by atoms with Crippen molar-refractivity contribution in [3.63, 3.8) is 0 Å². The largest absolute Gasteiger partial charge is 0.436 e. The smallest absolute Gasteiger partial charge is 0.246 e. The average Bonchev–Trinajstić information content (AvgIpc) is 3.52. The quantitative estimate of drug-likeness (QED) is 0.142. The predicted octanol–water partition coefficient (Wildman–Crippen LogP) is 7.61. The Balaban J connectivity index is 1.51. The van der Waals surface area contributed by atoms with Gasteiger partial charge in [-0.1, -0.05) is 65.7 Å². The monoisotopic (exact) mass is 509 g/mol. The number of furan rings is 1. The van der Waals surface area contributed by atoms with E-state index in [-0.39, 0.29) is 26.7 Å². The van der Waals surface area contributed by atoms with Crippen LogP contribution >= 0.6 is 23.2 Å². The second kappa shape index (κ2) is 8.35. The van der Waals surface area contributed by atoms with Crippen molar-refractivity contribution >= 4 is 57.8 Å². The average molecular weight is 510 g/mol. The number of benzene rings is 3. The number of ketones is 2. The molecule has 0 unspecified atom stereocenters. The lowest BCUT2D eigenvalue weighted by Gasteiger charge is -2.06. The van der Waals surface area contributed by atoms with E-state index in [1.54, 1.807) is 12.1 Å². The highest BCUT2D eigenvalue weighted by atomic mass is 35.5. The minimum atomic E-state index is -0.437. The second-order valence-corrected chi connectivity index (χ2v) is 8.94. The first-order valence-electron chi connectivity index (χ1n) is 10.8. The molecule has 0 amide bonds. The van der Waals surface area contributed by atoms with E-state index in [4.69, 9.17) is 34.2 Å². The van der Waals surface area contributed by atoms with Gasteiger partial charge in [0.25, 0.3) is 0 Å². The van der Waals surface area contributed by atoms with Crippen LogP contribution in [-0.4, -0.2) is 21.1 Å². The minimum Gasteiger partial charge on any atom is -0.436 e. The number of Topliss-reactive ketones (excluding diaryl/α,β-unsaturated/α-hetero) is 2. The maximum absolute atomic E-state index is 13.1. The van der Waals surface area contributed by atoms with E-state index in [1.807, 2.05) is 53.1 Å². The van der Waals surface area contributed by atoms with Crippen LogP contribution in [0.4, 0.5) is 5.69 Å². The molecule has 0 saturated heterocycles. The number of halogens is 2. The zero-order valence-corrected chi connectivity index (χ0v) is 19.8. The van der Waals surface area contributed by atoms with Gasteiger partial charge in [0.1, 0.15) is 17.1 Å². The number of para-hydroxylation sites is 1. The standard InChI is InChI=1S/C28H13Cl2N3O3/c1-31-16-9-7-15(8-10-16)24-14-23-28(36-24)32-25(33(23)17-5-3-2-4-6-17)13-20-26(34)18-11-21(29)22(30)12-19(18)27(20)35/h2-14H. The molecule has 6 nitrogen and oxygen atoms in total. The Morgan fingerprint density at radius 2 is 1.53 bits per heavy atom. The van der Waals surface area contributed by atoms with Gasteiger partial charge in [0.15, 0.2) is 17.3 Å². The Hall–Kier alpha value is -4.44. The number of carbonyl (C=O) groups excluding carboxylic acids is 2. The zero-order chi connectivity index (χ0) is 25.0. The Bertz CT molecular complexity index is 1750. The van der Waals surface area contributed by atoms with Crippen LogP contribution in [-0.2, 0) is 0 Å². The van der Waals surface area contributed by atoms with Crippen LogP contribution in [0.15, 0.2) is 82.8 Å². The summed E-state index contributed by atoms with van der Waals surface area (Å²) in [6.07, 6.45) is 1.47. The van der Waals surface area contributed by atoms with Crippen LogP contribution in [0, 0.1) is 6.57 Å². The van der Waals surface area contributed by atoms with Gasteiger partial charge in [-0.15, -0.1) is 0 Å². The van der Waals surface area contributed by atoms with E-state index in [1.165, 1.54) is 18.2 Å².